The third-order valence-electron chi connectivity index (χ3n) is 7.03. The predicted molar refractivity (Wildman–Crippen MR) is 128 cm³/mol. The lowest BCUT2D eigenvalue weighted by atomic mass is 9.89. The van der Waals surface area contributed by atoms with Crippen LogP contribution in [0.15, 0.2) is 18.2 Å². The average Bonchev–Trinajstić information content (AvgIpc) is 3.53. The van der Waals surface area contributed by atoms with Gasteiger partial charge in [-0.15, -0.1) is 12.4 Å². The zero-order valence-electron chi connectivity index (χ0n) is 18.9. The number of aromatic hydroxyl groups is 1. The van der Waals surface area contributed by atoms with Gasteiger partial charge in [-0.05, 0) is 55.7 Å². The summed E-state index contributed by atoms with van der Waals surface area (Å²) in [5.41, 5.74) is 2.40. The van der Waals surface area contributed by atoms with Crippen LogP contribution in [0.4, 0.5) is 4.39 Å². The minimum absolute atomic E-state index is 0. The van der Waals surface area contributed by atoms with E-state index in [4.69, 9.17) is 0 Å². The number of rotatable bonds is 5. The first-order valence-electron chi connectivity index (χ1n) is 11.5. The zero-order chi connectivity index (χ0) is 23.1. The number of aromatic nitrogens is 3. The topological polar surface area (TPSA) is 115 Å². The number of nitriles is 1. The summed E-state index contributed by atoms with van der Waals surface area (Å²) in [7, 11) is 0. The number of fused-ring (bicyclic) bond motifs is 1. The van der Waals surface area contributed by atoms with E-state index in [9.17, 15) is 19.6 Å². The highest BCUT2D eigenvalue weighted by molar-refractivity contribution is 5.92. The van der Waals surface area contributed by atoms with Gasteiger partial charge < -0.3 is 10.4 Å². The van der Waals surface area contributed by atoms with Gasteiger partial charge >= 0.3 is 0 Å². The van der Waals surface area contributed by atoms with Crippen molar-refractivity contribution in [3.63, 3.8) is 0 Å². The number of phenols is 1. The van der Waals surface area contributed by atoms with Crippen molar-refractivity contribution in [2.24, 2.45) is 11.8 Å². The Kier molecular flexibility index (Phi) is 6.76. The molecule has 34 heavy (non-hydrogen) atoms. The quantitative estimate of drug-likeness (QED) is 0.478. The summed E-state index contributed by atoms with van der Waals surface area (Å²) in [6.45, 7) is 2.55. The second kappa shape index (κ2) is 9.59. The monoisotopic (exact) mass is 483 g/mol. The summed E-state index contributed by atoms with van der Waals surface area (Å²) >= 11 is 0. The Morgan fingerprint density at radius 1 is 1.32 bits per heavy atom. The maximum absolute atomic E-state index is 14.7. The van der Waals surface area contributed by atoms with Crippen molar-refractivity contribution in [1.29, 1.82) is 5.26 Å². The third kappa shape index (κ3) is 4.32. The number of benzene rings is 1. The molecule has 3 N–H and O–H groups in total. The van der Waals surface area contributed by atoms with Gasteiger partial charge in [0.15, 0.2) is 5.65 Å². The third-order valence-corrected chi connectivity index (χ3v) is 7.03. The maximum Gasteiger partial charge on any atom is 0.223 e. The van der Waals surface area contributed by atoms with E-state index in [1.54, 1.807) is 0 Å². The number of carbonyl (C=O) groups excluding carboxylic acids is 1. The maximum atomic E-state index is 14.7. The molecule has 1 aromatic carbocycles. The summed E-state index contributed by atoms with van der Waals surface area (Å²) in [6, 6.07) is 5.98. The molecule has 0 saturated heterocycles. The van der Waals surface area contributed by atoms with Crippen molar-refractivity contribution in [3.05, 3.63) is 40.8 Å². The number of H-pyrrole nitrogens is 1. The normalized spacial score (nSPS) is 19.9. The highest BCUT2D eigenvalue weighted by Gasteiger charge is 2.47. The number of aryl methyl sites for hydroxylation is 1. The van der Waals surface area contributed by atoms with Gasteiger partial charge in [0.2, 0.25) is 5.91 Å². The molecule has 178 valence electrons. The smallest absolute Gasteiger partial charge is 0.223 e. The molecule has 1 unspecified atom stereocenters. The van der Waals surface area contributed by atoms with Crippen molar-refractivity contribution in [2.45, 2.75) is 51.4 Å². The number of phenolic OH excluding ortho intramolecular Hbond substituents is 1. The number of carbonyl (C=O) groups is 1. The number of amides is 1. The first-order chi connectivity index (χ1) is 16.0. The molecular formula is C25H27ClFN5O2. The van der Waals surface area contributed by atoms with Gasteiger partial charge in [-0.2, -0.15) is 10.4 Å². The second-order valence-electron chi connectivity index (χ2n) is 9.27. The van der Waals surface area contributed by atoms with Crippen molar-refractivity contribution in [1.82, 2.24) is 20.5 Å². The molecule has 1 amide bonds. The largest absolute Gasteiger partial charge is 0.508 e. The summed E-state index contributed by atoms with van der Waals surface area (Å²) in [6.07, 6.45) is 6.68. The predicted octanol–water partition coefficient (Wildman–Crippen LogP) is 4.87. The van der Waals surface area contributed by atoms with Crippen LogP contribution in [0.1, 0.15) is 61.3 Å². The van der Waals surface area contributed by atoms with Crippen LogP contribution in [0.25, 0.3) is 22.3 Å². The highest BCUT2D eigenvalue weighted by atomic mass is 35.5. The zero-order valence-corrected chi connectivity index (χ0v) is 19.7. The van der Waals surface area contributed by atoms with Crippen LogP contribution in [0.3, 0.4) is 0 Å². The summed E-state index contributed by atoms with van der Waals surface area (Å²) < 4.78 is 14.7. The van der Waals surface area contributed by atoms with Crippen LogP contribution in [0.5, 0.6) is 5.75 Å². The molecule has 2 fully saturated rings. The molecule has 0 aliphatic heterocycles. The first kappa shape index (κ1) is 24.0. The van der Waals surface area contributed by atoms with Crippen molar-refractivity contribution >= 4 is 29.3 Å². The Morgan fingerprint density at radius 3 is 2.79 bits per heavy atom. The number of nitrogens with zero attached hydrogens (tertiary/aromatic N) is 3. The number of nitrogens with one attached hydrogen (secondary N) is 2. The summed E-state index contributed by atoms with van der Waals surface area (Å²) in [5, 5.41) is 30.7. The fraction of sp³-hybridized carbons (Fsp3) is 0.440. The summed E-state index contributed by atoms with van der Waals surface area (Å²) in [5.74, 6) is -0.692. The first-order valence-corrected chi connectivity index (χ1v) is 11.5. The lowest BCUT2D eigenvalue weighted by Crippen LogP contribution is -2.31. The number of hydrogen-bond acceptors (Lipinski definition) is 5. The van der Waals surface area contributed by atoms with Crippen LogP contribution in [0, 0.1) is 35.9 Å². The van der Waals surface area contributed by atoms with E-state index in [2.05, 4.69) is 26.6 Å². The van der Waals surface area contributed by atoms with Crippen molar-refractivity contribution in [3.8, 4) is 23.1 Å². The number of pyridine rings is 1. The molecule has 2 aromatic heterocycles. The fourth-order valence-corrected chi connectivity index (χ4v) is 5.18. The van der Waals surface area contributed by atoms with Gasteiger partial charge in [0.25, 0.3) is 0 Å². The van der Waals surface area contributed by atoms with E-state index in [-0.39, 0.29) is 52.7 Å². The number of aromatic amines is 1. The van der Waals surface area contributed by atoms with E-state index in [0.717, 1.165) is 30.0 Å². The molecule has 2 aliphatic rings. The van der Waals surface area contributed by atoms with Crippen LogP contribution < -0.4 is 5.32 Å². The van der Waals surface area contributed by atoms with Gasteiger partial charge in [-0.25, -0.2) is 9.37 Å². The molecular weight excluding hydrogens is 457 g/mol. The van der Waals surface area contributed by atoms with Gasteiger partial charge in [0, 0.05) is 35.2 Å². The van der Waals surface area contributed by atoms with Crippen LogP contribution >= 0.6 is 12.4 Å². The molecule has 2 aliphatic carbocycles. The van der Waals surface area contributed by atoms with Crippen LogP contribution in [-0.4, -0.2) is 32.7 Å². The molecule has 3 aromatic rings. The Bertz CT molecular complexity index is 1280. The van der Waals surface area contributed by atoms with Crippen molar-refractivity contribution in [2.75, 3.05) is 6.54 Å². The van der Waals surface area contributed by atoms with E-state index < -0.39 is 5.82 Å². The van der Waals surface area contributed by atoms with E-state index >= 15 is 0 Å². The molecule has 7 nitrogen and oxygen atoms in total. The Morgan fingerprint density at radius 2 is 2.09 bits per heavy atom. The second-order valence-corrected chi connectivity index (χ2v) is 9.27. The van der Waals surface area contributed by atoms with Gasteiger partial charge in [-0.1, -0.05) is 19.3 Å². The molecule has 0 spiro atoms. The number of halogens is 2. The van der Waals surface area contributed by atoms with Crippen LogP contribution in [0.2, 0.25) is 0 Å². The minimum atomic E-state index is -0.672. The minimum Gasteiger partial charge on any atom is -0.508 e. The molecule has 2 saturated carbocycles. The van der Waals surface area contributed by atoms with E-state index in [1.165, 1.54) is 31.4 Å². The molecule has 9 heteroatoms. The van der Waals surface area contributed by atoms with Gasteiger partial charge in [0.05, 0.1) is 11.3 Å². The van der Waals surface area contributed by atoms with Crippen molar-refractivity contribution < 1.29 is 14.3 Å². The van der Waals surface area contributed by atoms with Crippen LogP contribution in [-0.2, 0) is 4.79 Å². The highest BCUT2D eigenvalue weighted by Crippen LogP contribution is 2.52. The SMILES string of the molecule is Cc1[nH]nc2nc(-c3ccc(O)cc3F)c(C#N)c(C3C[C@@H]3C(=O)NCC3CCCCC3)c12.Cl. The average molecular weight is 484 g/mol. The Balaban J connectivity index is 0.00000274. The summed E-state index contributed by atoms with van der Waals surface area (Å²) in [4.78, 5) is 17.4. The van der Waals surface area contributed by atoms with E-state index in [1.807, 2.05) is 6.92 Å². The van der Waals surface area contributed by atoms with E-state index in [0.29, 0.717) is 30.1 Å². The lowest BCUT2D eigenvalue weighted by molar-refractivity contribution is -0.122. The van der Waals surface area contributed by atoms with Gasteiger partial charge in [-0.3, -0.25) is 9.89 Å². The Labute approximate surface area is 203 Å². The molecule has 0 bridgehead atoms. The molecule has 0 radical (unpaired) electrons. The molecule has 5 rings (SSSR count). The standard InChI is InChI=1S/C25H26FN5O2.ClH/c1-13-21-22(17-10-18(17)25(33)28-12-14-5-3-2-4-6-14)19(11-27)23(29-24(21)31-30-13)16-8-7-15(32)9-20(16)26;/h7-9,14,17-18,32H,2-6,10,12H2,1H3,(H,28,33)(H,29,30,31);1H/t17?,18-;/m0./s1. The van der Waals surface area contributed by atoms with Gasteiger partial charge in [0.1, 0.15) is 17.6 Å². The fourth-order valence-electron chi connectivity index (χ4n) is 5.18. The molecule has 2 atom stereocenters. The molecule has 2 heterocycles. The number of hydrogen-bond donors (Lipinski definition) is 3. The Hall–Kier alpha value is -3.18. The lowest BCUT2D eigenvalue weighted by Gasteiger charge is -2.21.